The highest BCUT2D eigenvalue weighted by Gasteiger charge is 2.07. The number of hydrogen-bond acceptors (Lipinski definition) is 3. The van der Waals surface area contributed by atoms with E-state index in [1.807, 2.05) is 36.4 Å². The van der Waals surface area contributed by atoms with Gasteiger partial charge in [-0.25, -0.2) is 0 Å². The molecule has 0 aliphatic carbocycles. The summed E-state index contributed by atoms with van der Waals surface area (Å²) in [5.74, 6) is -0.583. The SMILES string of the molecule is C=CC(=O)NCc1ccc(CNC(=O)C=CO)c2ccccc12. The van der Waals surface area contributed by atoms with Crippen LogP contribution in [0.2, 0.25) is 0 Å². The first-order valence-electron chi connectivity index (χ1n) is 7.14. The quantitative estimate of drug-likeness (QED) is 0.566. The molecule has 0 aliphatic heterocycles. The summed E-state index contributed by atoms with van der Waals surface area (Å²) < 4.78 is 0. The monoisotopic (exact) mass is 310 g/mol. The van der Waals surface area contributed by atoms with Gasteiger partial charge in [-0.05, 0) is 28.0 Å². The van der Waals surface area contributed by atoms with Gasteiger partial charge < -0.3 is 15.7 Å². The van der Waals surface area contributed by atoms with Crippen LogP contribution in [-0.4, -0.2) is 16.9 Å². The second-order valence-electron chi connectivity index (χ2n) is 4.88. The summed E-state index contributed by atoms with van der Waals surface area (Å²) in [5.41, 5.74) is 1.94. The number of aliphatic hydroxyl groups is 1. The maximum Gasteiger partial charge on any atom is 0.247 e. The first-order chi connectivity index (χ1) is 11.2. The number of hydrogen-bond donors (Lipinski definition) is 3. The van der Waals surface area contributed by atoms with E-state index >= 15 is 0 Å². The molecule has 3 N–H and O–H groups in total. The molecule has 0 saturated heterocycles. The van der Waals surface area contributed by atoms with E-state index in [0.717, 1.165) is 28.0 Å². The Labute approximate surface area is 134 Å². The molecule has 0 radical (unpaired) electrons. The van der Waals surface area contributed by atoms with Crippen LogP contribution in [0.25, 0.3) is 10.8 Å². The topological polar surface area (TPSA) is 78.4 Å². The highest BCUT2D eigenvalue weighted by Crippen LogP contribution is 2.23. The fourth-order valence-electron chi connectivity index (χ4n) is 2.30. The first-order valence-corrected chi connectivity index (χ1v) is 7.14. The Kier molecular flexibility index (Phi) is 5.52. The minimum absolute atomic E-state index is 0.221. The smallest absolute Gasteiger partial charge is 0.247 e. The Bertz CT molecular complexity index is 766. The van der Waals surface area contributed by atoms with Crippen molar-refractivity contribution in [3.63, 3.8) is 0 Å². The largest absolute Gasteiger partial charge is 0.515 e. The van der Waals surface area contributed by atoms with Gasteiger partial charge >= 0.3 is 0 Å². The number of amides is 2. The van der Waals surface area contributed by atoms with Crippen LogP contribution >= 0.6 is 0 Å². The minimum Gasteiger partial charge on any atom is -0.515 e. The van der Waals surface area contributed by atoms with E-state index < -0.39 is 0 Å². The molecule has 5 heteroatoms. The lowest BCUT2D eigenvalue weighted by molar-refractivity contribution is -0.117. The van der Waals surface area contributed by atoms with E-state index in [9.17, 15) is 9.59 Å². The predicted octanol–water partition coefficient (Wildman–Crippen LogP) is 2.33. The molecule has 118 valence electrons. The average Bonchev–Trinajstić information content (AvgIpc) is 2.58. The molecule has 2 amide bonds. The van der Waals surface area contributed by atoms with Gasteiger partial charge in [0, 0.05) is 19.2 Å². The van der Waals surface area contributed by atoms with Gasteiger partial charge in [-0.2, -0.15) is 0 Å². The summed E-state index contributed by atoms with van der Waals surface area (Å²) >= 11 is 0. The van der Waals surface area contributed by atoms with Crippen LogP contribution in [0.5, 0.6) is 0 Å². The van der Waals surface area contributed by atoms with E-state index in [1.165, 1.54) is 6.08 Å². The van der Waals surface area contributed by atoms with Gasteiger partial charge in [-0.1, -0.05) is 43.0 Å². The van der Waals surface area contributed by atoms with Gasteiger partial charge in [0.2, 0.25) is 11.8 Å². The van der Waals surface area contributed by atoms with Crippen molar-refractivity contribution in [2.24, 2.45) is 0 Å². The van der Waals surface area contributed by atoms with Crippen molar-refractivity contribution in [1.29, 1.82) is 0 Å². The Morgan fingerprint density at radius 2 is 1.48 bits per heavy atom. The highest BCUT2D eigenvalue weighted by molar-refractivity contribution is 5.91. The molecule has 0 bridgehead atoms. The Morgan fingerprint density at radius 1 is 0.957 bits per heavy atom. The summed E-state index contributed by atoms with van der Waals surface area (Å²) in [7, 11) is 0. The molecule has 0 spiro atoms. The lowest BCUT2D eigenvalue weighted by Crippen LogP contribution is -2.21. The molecule has 0 aliphatic rings. The van der Waals surface area contributed by atoms with Crippen molar-refractivity contribution in [2.45, 2.75) is 13.1 Å². The fraction of sp³-hybridized carbons (Fsp3) is 0.111. The molecule has 2 aromatic carbocycles. The maximum absolute atomic E-state index is 11.4. The third kappa shape index (κ3) is 4.20. The van der Waals surface area contributed by atoms with Crippen molar-refractivity contribution in [3.8, 4) is 0 Å². The Morgan fingerprint density at radius 3 is 1.96 bits per heavy atom. The van der Waals surface area contributed by atoms with Crippen LogP contribution in [0.3, 0.4) is 0 Å². The van der Waals surface area contributed by atoms with Gasteiger partial charge in [0.15, 0.2) is 0 Å². The van der Waals surface area contributed by atoms with Crippen LogP contribution < -0.4 is 10.6 Å². The minimum atomic E-state index is -0.362. The number of carbonyl (C=O) groups excluding carboxylic acids is 2. The van der Waals surface area contributed by atoms with E-state index in [0.29, 0.717) is 19.4 Å². The number of rotatable bonds is 6. The van der Waals surface area contributed by atoms with Gasteiger partial charge in [0.25, 0.3) is 0 Å². The summed E-state index contributed by atoms with van der Waals surface area (Å²) in [6, 6.07) is 11.6. The normalized spacial score (nSPS) is 10.6. The van der Waals surface area contributed by atoms with Crippen LogP contribution in [-0.2, 0) is 22.7 Å². The molecule has 0 aromatic heterocycles. The number of carbonyl (C=O) groups is 2. The Hall–Kier alpha value is -3.08. The van der Waals surface area contributed by atoms with Crippen LogP contribution in [0.15, 0.2) is 61.4 Å². The predicted molar refractivity (Wildman–Crippen MR) is 89.6 cm³/mol. The molecule has 0 fully saturated rings. The lowest BCUT2D eigenvalue weighted by Gasteiger charge is -2.12. The molecule has 0 atom stereocenters. The third-order valence-electron chi connectivity index (χ3n) is 3.42. The molecule has 0 heterocycles. The fourth-order valence-corrected chi connectivity index (χ4v) is 2.30. The van der Waals surface area contributed by atoms with Gasteiger partial charge in [-0.15, -0.1) is 0 Å². The maximum atomic E-state index is 11.4. The Balaban J connectivity index is 2.25. The first kappa shape index (κ1) is 16.3. The highest BCUT2D eigenvalue weighted by atomic mass is 16.2. The zero-order chi connectivity index (χ0) is 16.7. The lowest BCUT2D eigenvalue weighted by atomic mass is 9.99. The molecule has 2 rings (SSSR count). The molecular weight excluding hydrogens is 292 g/mol. The summed E-state index contributed by atoms with van der Waals surface area (Å²) in [5, 5.41) is 16.1. The second-order valence-corrected chi connectivity index (χ2v) is 4.88. The van der Waals surface area contributed by atoms with Crippen molar-refractivity contribution in [1.82, 2.24) is 10.6 Å². The number of benzene rings is 2. The van der Waals surface area contributed by atoms with Crippen molar-refractivity contribution < 1.29 is 14.7 Å². The molecule has 2 aromatic rings. The summed E-state index contributed by atoms with van der Waals surface area (Å²) in [4.78, 5) is 22.7. The molecule has 0 unspecified atom stereocenters. The van der Waals surface area contributed by atoms with Crippen LogP contribution in [0, 0.1) is 0 Å². The molecule has 23 heavy (non-hydrogen) atoms. The molecule has 5 nitrogen and oxygen atoms in total. The van der Waals surface area contributed by atoms with Crippen molar-refractivity contribution >= 4 is 22.6 Å². The summed E-state index contributed by atoms with van der Waals surface area (Å²) in [6.07, 6.45) is 3.00. The second kappa shape index (κ2) is 7.79. The molecular formula is C18H18N2O3. The van der Waals surface area contributed by atoms with E-state index in [4.69, 9.17) is 5.11 Å². The molecule has 0 saturated carbocycles. The number of fused-ring (bicyclic) bond motifs is 1. The summed E-state index contributed by atoms with van der Waals surface area (Å²) in [6.45, 7) is 4.19. The van der Waals surface area contributed by atoms with E-state index in [1.54, 1.807) is 0 Å². The van der Waals surface area contributed by atoms with E-state index in [-0.39, 0.29) is 11.8 Å². The standard InChI is InChI=1S/C18H18N2O3/c1-2-17(22)19-11-13-7-8-14(12-20-18(23)9-10-21)16-6-4-3-5-15(13)16/h2-10,21H,1,11-12H2,(H,19,22)(H,20,23). The third-order valence-corrected chi connectivity index (χ3v) is 3.42. The average molecular weight is 310 g/mol. The van der Waals surface area contributed by atoms with Crippen molar-refractivity contribution in [2.75, 3.05) is 0 Å². The number of aliphatic hydroxyl groups excluding tert-OH is 1. The van der Waals surface area contributed by atoms with E-state index in [2.05, 4.69) is 17.2 Å². The number of nitrogens with one attached hydrogen (secondary N) is 2. The zero-order valence-corrected chi connectivity index (χ0v) is 12.6. The van der Waals surface area contributed by atoms with Crippen LogP contribution in [0.4, 0.5) is 0 Å². The van der Waals surface area contributed by atoms with Gasteiger partial charge in [-0.3, -0.25) is 9.59 Å². The zero-order valence-electron chi connectivity index (χ0n) is 12.6. The van der Waals surface area contributed by atoms with Crippen LogP contribution in [0.1, 0.15) is 11.1 Å². The van der Waals surface area contributed by atoms with Gasteiger partial charge in [0.05, 0.1) is 6.26 Å². The van der Waals surface area contributed by atoms with Crippen molar-refractivity contribution in [3.05, 3.63) is 72.5 Å². The van der Waals surface area contributed by atoms with Gasteiger partial charge in [0.1, 0.15) is 0 Å².